The Hall–Kier alpha value is -0.120. The highest BCUT2D eigenvalue weighted by Gasteiger charge is 2.53. The molecule has 3 unspecified atom stereocenters. The van der Waals surface area contributed by atoms with Gasteiger partial charge < -0.3 is 14.7 Å². The maximum atomic E-state index is 10.5. The smallest absolute Gasteiger partial charge is 0.0896 e. The van der Waals surface area contributed by atoms with E-state index in [1.54, 1.807) is 0 Å². The summed E-state index contributed by atoms with van der Waals surface area (Å²) in [6, 6.07) is 0. The van der Waals surface area contributed by atoms with E-state index in [0.29, 0.717) is 0 Å². The summed E-state index contributed by atoms with van der Waals surface area (Å²) in [4.78, 5) is 2.53. The zero-order valence-corrected chi connectivity index (χ0v) is 13.3. The molecule has 2 rings (SSSR count). The van der Waals surface area contributed by atoms with Crippen molar-refractivity contribution >= 4 is 0 Å². The Morgan fingerprint density at radius 3 is 2.42 bits per heavy atom. The van der Waals surface area contributed by atoms with Gasteiger partial charge in [0.05, 0.1) is 17.3 Å². The van der Waals surface area contributed by atoms with Crippen LogP contribution >= 0.6 is 0 Å². The van der Waals surface area contributed by atoms with Crippen LogP contribution in [0.15, 0.2) is 0 Å². The van der Waals surface area contributed by atoms with E-state index in [9.17, 15) is 5.11 Å². The molecule has 0 saturated carbocycles. The standard InChI is InChI=1S/C16H31NO2/c1-6-7-12-8-9-17(10-12)11-13-14(18)16(4,5)19-15(13,2)3/h12-14,18H,6-11H2,1-5H3. The van der Waals surface area contributed by atoms with E-state index in [0.717, 1.165) is 12.5 Å². The van der Waals surface area contributed by atoms with Gasteiger partial charge in [-0.2, -0.15) is 0 Å². The summed E-state index contributed by atoms with van der Waals surface area (Å²) in [6.45, 7) is 13.9. The predicted molar refractivity (Wildman–Crippen MR) is 78.2 cm³/mol. The van der Waals surface area contributed by atoms with Crippen molar-refractivity contribution in [3.05, 3.63) is 0 Å². The molecule has 3 atom stereocenters. The minimum Gasteiger partial charge on any atom is -0.390 e. The monoisotopic (exact) mass is 269 g/mol. The molecule has 2 aliphatic heterocycles. The summed E-state index contributed by atoms with van der Waals surface area (Å²) in [5, 5.41) is 10.5. The first-order chi connectivity index (χ1) is 8.76. The van der Waals surface area contributed by atoms with Gasteiger partial charge in [-0.15, -0.1) is 0 Å². The van der Waals surface area contributed by atoms with Gasteiger partial charge in [0, 0.05) is 19.0 Å². The zero-order valence-electron chi connectivity index (χ0n) is 13.3. The molecule has 2 fully saturated rings. The molecule has 2 heterocycles. The van der Waals surface area contributed by atoms with Crippen molar-refractivity contribution in [3.8, 4) is 0 Å². The van der Waals surface area contributed by atoms with E-state index in [-0.39, 0.29) is 17.6 Å². The number of ether oxygens (including phenoxy) is 1. The average Bonchev–Trinajstić information content (AvgIpc) is 2.76. The van der Waals surface area contributed by atoms with Crippen molar-refractivity contribution in [2.45, 2.75) is 71.2 Å². The summed E-state index contributed by atoms with van der Waals surface area (Å²) in [5.74, 6) is 1.07. The van der Waals surface area contributed by atoms with Crippen LogP contribution in [0.3, 0.4) is 0 Å². The zero-order chi connectivity index (χ0) is 14.3. The number of likely N-dealkylation sites (tertiary alicyclic amines) is 1. The van der Waals surface area contributed by atoms with Crippen molar-refractivity contribution in [1.29, 1.82) is 0 Å². The fraction of sp³-hybridized carbons (Fsp3) is 1.00. The molecule has 2 saturated heterocycles. The second-order valence-corrected chi connectivity index (χ2v) is 7.56. The molecule has 0 radical (unpaired) electrons. The van der Waals surface area contributed by atoms with Gasteiger partial charge in [0.1, 0.15) is 0 Å². The largest absolute Gasteiger partial charge is 0.390 e. The van der Waals surface area contributed by atoms with E-state index in [2.05, 4.69) is 25.7 Å². The molecule has 0 bridgehead atoms. The van der Waals surface area contributed by atoms with Crippen molar-refractivity contribution in [1.82, 2.24) is 4.90 Å². The minimum atomic E-state index is -0.420. The Balaban J connectivity index is 1.96. The molecular weight excluding hydrogens is 238 g/mol. The van der Waals surface area contributed by atoms with Crippen molar-refractivity contribution in [2.75, 3.05) is 19.6 Å². The molecule has 19 heavy (non-hydrogen) atoms. The number of hydrogen-bond donors (Lipinski definition) is 1. The van der Waals surface area contributed by atoms with E-state index >= 15 is 0 Å². The lowest BCUT2D eigenvalue weighted by Crippen LogP contribution is -2.42. The summed E-state index contributed by atoms with van der Waals surface area (Å²) in [5.41, 5.74) is -0.650. The second-order valence-electron chi connectivity index (χ2n) is 7.56. The highest BCUT2D eigenvalue weighted by Crippen LogP contribution is 2.43. The number of rotatable bonds is 4. The van der Waals surface area contributed by atoms with Gasteiger partial charge in [0.15, 0.2) is 0 Å². The van der Waals surface area contributed by atoms with Gasteiger partial charge in [-0.05, 0) is 53.0 Å². The third-order valence-corrected chi connectivity index (χ3v) is 5.03. The van der Waals surface area contributed by atoms with Crippen LogP contribution in [0.2, 0.25) is 0 Å². The van der Waals surface area contributed by atoms with Crippen LogP contribution in [0.1, 0.15) is 53.9 Å². The highest BCUT2D eigenvalue weighted by atomic mass is 16.5. The summed E-state index contributed by atoms with van der Waals surface area (Å²) in [6.07, 6.45) is 3.58. The van der Waals surface area contributed by atoms with Gasteiger partial charge in [0.25, 0.3) is 0 Å². The third-order valence-electron chi connectivity index (χ3n) is 5.03. The van der Waals surface area contributed by atoms with Crippen LogP contribution in [0, 0.1) is 11.8 Å². The minimum absolute atomic E-state index is 0.211. The van der Waals surface area contributed by atoms with Gasteiger partial charge in [-0.1, -0.05) is 13.3 Å². The summed E-state index contributed by atoms with van der Waals surface area (Å²) < 4.78 is 6.07. The van der Waals surface area contributed by atoms with Crippen LogP contribution in [0.25, 0.3) is 0 Å². The molecular formula is C16H31NO2. The quantitative estimate of drug-likeness (QED) is 0.851. The second kappa shape index (κ2) is 5.34. The average molecular weight is 269 g/mol. The maximum absolute atomic E-state index is 10.5. The lowest BCUT2D eigenvalue weighted by molar-refractivity contribution is -0.0912. The fourth-order valence-electron chi connectivity index (χ4n) is 4.00. The predicted octanol–water partition coefficient (Wildman–Crippen LogP) is 2.67. The molecule has 112 valence electrons. The van der Waals surface area contributed by atoms with Gasteiger partial charge in [0.2, 0.25) is 0 Å². The lowest BCUT2D eigenvalue weighted by atomic mass is 9.84. The molecule has 3 nitrogen and oxygen atoms in total. The Morgan fingerprint density at radius 1 is 1.21 bits per heavy atom. The Kier molecular flexibility index (Phi) is 4.29. The summed E-state index contributed by atoms with van der Waals surface area (Å²) in [7, 11) is 0. The number of nitrogens with zero attached hydrogens (tertiary/aromatic N) is 1. The first kappa shape index (κ1) is 15.3. The van der Waals surface area contributed by atoms with E-state index in [4.69, 9.17) is 4.74 Å². The Morgan fingerprint density at radius 2 is 1.89 bits per heavy atom. The number of hydrogen-bond acceptors (Lipinski definition) is 3. The summed E-state index contributed by atoms with van der Waals surface area (Å²) >= 11 is 0. The van der Waals surface area contributed by atoms with Gasteiger partial charge >= 0.3 is 0 Å². The molecule has 3 heteroatoms. The van der Waals surface area contributed by atoms with Crippen LogP contribution < -0.4 is 0 Å². The molecule has 0 aromatic rings. The van der Waals surface area contributed by atoms with Crippen molar-refractivity contribution < 1.29 is 9.84 Å². The highest BCUT2D eigenvalue weighted by molar-refractivity contribution is 5.02. The third kappa shape index (κ3) is 3.14. The molecule has 2 aliphatic rings. The SMILES string of the molecule is CCCC1CCN(CC2C(O)C(C)(C)OC2(C)C)C1. The first-order valence-corrected chi connectivity index (χ1v) is 7.87. The van der Waals surface area contributed by atoms with E-state index in [1.807, 2.05) is 13.8 Å². The Bertz CT molecular complexity index is 314. The first-order valence-electron chi connectivity index (χ1n) is 7.87. The molecule has 0 amide bonds. The fourth-order valence-corrected chi connectivity index (χ4v) is 4.00. The van der Waals surface area contributed by atoms with Crippen LogP contribution in [0.4, 0.5) is 0 Å². The normalized spacial score (nSPS) is 37.9. The van der Waals surface area contributed by atoms with Crippen LogP contribution in [-0.2, 0) is 4.74 Å². The van der Waals surface area contributed by atoms with Gasteiger partial charge in [-0.3, -0.25) is 0 Å². The van der Waals surface area contributed by atoms with Crippen LogP contribution in [-0.4, -0.2) is 46.9 Å². The van der Waals surface area contributed by atoms with E-state index in [1.165, 1.54) is 32.4 Å². The molecule has 1 N–H and O–H groups in total. The van der Waals surface area contributed by atoms with Gasteiger partial charge in [-0.25, -0.2) is 0 Å². The molecule has 0 aliphatic carbocycles. The molecule has 0 aromatic heterocycles. The number of aliphatic hydroxyl groups is 1. The lowest BCUT2D eigenvalue weighted by Gasteiger charge is -2.30. The molecule has 0 spiro atoms. The maximum Gasteiger partial charge on any atom is 0.0896 e. The van der Waals surface area contributed by atoms with Crippen LogP contribution in [0.5, 0.6) is 0 Å². The Labute approximate surface area is 118 Å². The van der Waals surface area contributed by atoms with E-state index < -0.39 is 5.60 Å². The van der Waals surface area contributed by atoms with Crippen molar-refractivity contribution in [3.63, 3.8) is 0 Å². The topological polar surface area (TPSA) is 32.7 Å². The number of aliphatic hydroxyl groups excluding tert-OH is 1. The molecule has 0 aromatic carbocycles. The van der Waals surface area contributed by atoms with Crippen molar-refractivity contribution in [2.24, 2.45) is 11.8 Å².